The van der Waals surface area contributed by atoms with E-state index in [9.17, 15) is 4.39 Å². The molecule has 0 bridgehead atoms. The SMILES string of the molecule is Cc1cc(OCc2nc(-c3cccc(F)c3)no2)nc(N2CCCCC2)n1. The van der Waals surface area contributed by atoms with Crippen molar-refractivity contribution in [3.05, 3.63) is 47.7 Å². The number of nitrogens with zero attached hydrogens (tertiary/aromatic N) is 5. The first-order chi connectivity index (χ1) is 13.2. The van der Waals surface area contributed by atoms with Crippen LogP contribution >= 0.6 is 0 Å². The van der Waals surface area contributed by atoms with Crippen LogP contribution in [0.1, 0.15) is 30.8 Å². The number of benzene rings is 1. The Bertz CT molecular complexity index is 924. The fraction of sp³-hybridized carbons (Fsp3) is 0.368. The van der Waals surface area contributed by atoms with E-state index >= 15 is 0 Å². The molecule has 1 saturated heterocycles. The number of anilines is 1. The van der Waals surface area contributed by atoms with Crippen molar-refractivity contribution in [2.75, 3.05) is 18.0 Å². The molecule has 1 aliphatic rings. The molecule has 0 spiro atoms. The molecule has 0 N–H and O–H groups in total. The summed E-state index contributed by atoms with van der Waals surface area (Å²) in [6, 6.07) is 7.82. The van der Waals surface area contributed by atoms with Crippen LogP contribution in [0.5, 0.6) is 5.88 Å². The molecule has 7 nitrogen and oxygen atoms in total. The lowest BCUT2D eigenvalue weighted by Crippen LogP contribution is -2.31. The van der Waals surface area contributed by atoms with Crippen LogP contribution in [0.25, 0.3) is 11.4 Å². The van der Waals surface area contributed by atoms with Crippen LogP contribution in [0.15, 0.2) is 34.9 Å². The van der Waals surface area contributed by atoms with Gasteiger partial charge in [0.05, 0.1) is 0 Å². The number of piperidine rings is 1. The molecule has 0 atom stereocenters. The summed E-state index contributed by atoms with van der Waals surface area (Å²) in [4.78, 5) is 15.4. The monoisotopic (exact) mass is 369 g/mol. The molecule has 2 aromatic heterocycles. The van der Waals surface area contributed by atoms with Crippen molar-refractivity contribution in [1.82, 2.24) is 20.1 Å². The maximum Gasteiger partial charge on any atom is 0.264 e. The molecule has 27 heavy (non-hydrogen) atoms. The van der Waals surface area contributed by atoms with Gasteiger partial charge in [-0.2, -0.15) is 9.97 Å². The normalized spacial score (nSPS) is 14.4. The third kappa shape index (κ3) is 4.21. The van der Waals surface area contributed by atoms with Crippen LogP contribution in [0, 0.1) is 12.7 Å². The van der Waals surface area contributed by atoms with E-state index in [0.717, 1.165) is 31.6 Å². The van der Waals surface area contributed by atoms with Crippen LogP contribution in [-0.4, -0.2) is 33.2 Å². The van der Waals surface area contributed by atoms with Crippen molar-refractivity contribution in [1.29, 1.82) is 0 Å². The maximum absolute atomic E-state index is 13.3. The van der Waals surface area contributed by atoms with Crippen molar-refractivity contribution >= 4 is 5.95 Å². The second-order valence-electron chi connectivity index (χ2n) is 6.51. The van der Waals surface area contributed by atoms with E-state index < -0.39 is 0 Å². The quantitative estimate of drug-likeness (QED) is 0.681. The molecule has 8 heteroatoms. The largest absolute Gasteiger partial charge is 0.467 e. The van der Waals surface area contributed by atoms with Crippen LogP contribution in [0.4, 0.5) is 10.3 Å². The molecule has 3 aromatic rings. The van der Waals surface area contributed by atoms with Gasteiger partial charge in [0, 0.05) is 30.4 Å². The van der Waals surface area contributed by atoms with Gasteiger partial charge in [0.1, 0.15) is 5.82 Å². The van der Waals surface area contributed by atoms with Crippen LogP contribution < -0.4 is 9.64 Å². The summed E-state index contributed by atoms with van der Waals surface area (Å²) in [5.74, 6) is 1.42. The van der Waals surface area contributed by atoms with Gasteiger partial charge in [0.2, 0.25) is 17.7 Å². The van der Waals surface area contributed by atoms with Gasteiger partial charge >= 0.3 is 0 Å². The highest BCUT2D eigenvalue weighted by Crippen LogP contribution is 2.21. The van der Waals surface area contributed by atoms with Gasteiger partial charge in [0.15, 0.2) is 6.61 Å². The Morgan fingerprint density at radius 2 is 1.96 bits per heavy atom. The highest BCUT2D eigenvalue weighted by Gasteiger charge is 2.16. The molecule has 140 valence electrons. The fourth-order valence-corrected chi connectivity index (χ4v) is 3.03. The van der Waals surface area contributed by atoms with Gasteiger partial charge in [-0.25, -0.2) is 9.37 Å². The average molecular weight is 369 g/mol. The molecule has 3 heterocycles. The number of rotatable bonds is 5. The molecular weight excluding hydrogens is 349 g/mol. The van der Waals surface area contributed by atoms with Gasteiger partial charge in [0.25, 0.3) is 5.89 Å². The molecule has 0 radical (unpaired) electrons. The predicted molar refractivity (Wildman–Crippen MR) is 96.9 cm³/mol. The van der Waals surface area contributed by atoms with Gasteiger partial charge in [-0.05, 0) is 38.3 Å². The second kappa shape index (κ2) is 7.69. The van der Waals surface area contributed by atoms with E-state index in [4.69, 9.17) is 9.26 Å². The Balaban J connectivity index is 1.45. The van der Waals surface area contributed by atoms with Crippen molar-refractivity contribution in [2.45, 2.75) is 32.8 Å². The summed E-state index contributed by atoms with van der Waals surface area (Å²) in [5, 5.41) is 3.87. The summed E-state index contributed by atoms with van der Waals surface area (Å²) < 4.78 is 24.3. The van der Waals surface area contributed by atoms with Crippen molar-refractivity contribution < 1.29 is 13.7 Å². The van der Waals surface area contributed by atoms with Crippen LogP contribution in [0.3, 0.4) is 0 Å². The topological polar surface area (TPSA) is 77.2 Å². The number of halogens is 1. The van der Waals surface area contributed by atoms with Gasteiger partial charge in [-0.1, -0.05) is 17.3 Å². The Kier molecular flexibility index (Phi) is 4.95. The molecule has 0 aliphatic carbocycles. The zero-order valence-electron chi connectivity index (χ0n) is 15.1. The van der Waals surface area contributed by atoms with Gasteiger partial charge in [-0.15, -0.1) is 0 Å². The van der Waals surface area contributed by atoms with Crippen molar-refractivity contribution in [3.8, 4) is 17.3 Å². The van der Waals surface area contributed by atoms with Crippen LogP contribution in [-0.2, 0) is 6.61 Å². The third-order valence-corrected chi connectivity index (χ3v) is 4.35. The number of hydrogen-bond acceptors (Lipinski definition) is 7. The summed E-state index contributed by atoms with van der Waals surface area (Å²) in [7, 11) is 0. The summed E-state index contributed by atoms with van der Waals surface area (Å²) in [6.07, 6.45) is 3.55. The summed E-state index contributed by atoms with van der Waals surface area (Å²) in [5.41, 5.74) is 1.39. The minimum atomic E-state index is -0.350. The first-order valence-electron chi connectivity index (χ1n) is 8.99. The Labute approximate surface area is 156 Å². The molecule has 0 saturated carbocycles. The predicted octanol–water partition coefficient (Wildman–Crippen LogP) is 3.54. The van der Waals surface area contributed by atoms with E-state index in [-0.39, 0.29) is 12.4 Å². The Hall–Kier alpha value is -3.03. The zero-order chi connectivity index (χ0) is 18.6. The minimum absolute atomic E-state index is 0.0816. The molecule has 0 unspecified atom stereocenters. The van der Waals surface area contributed by atoms with Gasteiger partial charge < -0.3 is 14.2 Å². The first kappa shape index (κ1) is 17.4. The zero-order valence-corrected chi connectivity index (χ0v) is 15.1. The van der Waals surface area contributed by atoms with E-state index in [1.165, 1.54) is 18.6 Å². The van der Waals surface area contributed by atoms with E-state index in [1.807, 2.05) is 6.92 Å². The van der Waals surface area contributed by atoms with E-state index in [0.29, 0.717) is 29.1 Å². The molecule has 0 amide bonds. The lowest BCUT2D eigenvalue weighted by atomic mass is 10.1. The average Bonchev–Trinajstić information content (AvgIpc) is 3.16. The smallest absolute Gasteiger partial charge is 0.264 e. The van der Waals surface area contributed by atoms with Crippen molar-refractivity contribution in [2.24, 2.45) is 0 Å². The molecule has 1 aromatic carbocycles. The third-order valence-electron chi connectivity index (χ3n) is 4.35. The summed E-state index contributed by atoms with van der Waals surface area (Å²) in [6.45, 7) is 3.92. The highest BCUT2D eigenvalue weighted by molar-refractivity contribution is 5.53. The van der Waals surface area contributed by atoms with E-state index in [1.54, 1.807) is 18.2 Å². The fourth-order valence-electron chi connectivity index (χ4n) is 3.03. The first-order valence-corrected chi connectivity index (χ1v) is 8.99. The lowest BCUT2D eigenvalue weighted by molar-refractivity contribution is 0.235. The lowest BCUT2D eigenvalue weighted by Gasteiger charge is -2.26. The number of aryl methyl sites for hydroxylation is 1. The second-order valence-corrected chi connectivity index (χ2v) is 6.51. The number of aromatic nitrogens is 4. The highest BCUT2D eigenvalue weighted by atomic mass is 19.1. The molecule has 4 rings (SSSR count). The Morgan fingerprint density at radius 1 is 1.11 bits per heavy atom. The van der Waals surface area contributed by atoms with E-state index in [2.05, 4.69) is 25.0 Å². The van der Waals surface area contributed by atoms with Crippen LogP contribution in [0.2, 0.25) is 0 Å². The molecule has 1 aliphatic heterocycles. The molecule has 1 fully saturated rings. The number of ether oxygens (including phenoxy) is 1. The number of hydrogen-bond donors (Lipinski definition) is 0. The van der Waals surface area contributed by atoms with Crippen molar-refractivity contribution in [3.63, 3.8) is 0 Å². The Morgan fingerprint density at radius 3 is 2.78 bits per heavy atom. The summed E-state index contributed by atoms with van der Waals surface area (Å²) >= 11 is 0. The molecular formula is C19H20FN5O2. The minimum Gasteiger partial charge on any atom is -0.467 e. The van der Waals surface area contributed by atoms with Gasteiger partial charge in [-0.3, -0.25) is 0 Å². The standard InChI is InChI=1S/C19H20FN5O2/c1-13-10-16(23-19(21-13)25-8-3-2-4-9-25)26-12-17-22-18(24-27-17)14-6-5-7-15(20)11-14/h5-7,10-11H,2-4,8-9,12H2,1H3. The maximum atomic E-state index is 13.3.